The van der Waals surface area contributed by atoms with E-state index in [1.54, 1.807) is 19.2 Å². The summed E-state index contributed by atoms with van der Waals surface area (Å²) in [6.45, 7) is 5.99. The molecule has 0 bridgehead atoms. The van der Waals surface area contributed by atoms with Gasteiger partial charge in [-0.2, -0.15) is 0 Å². The fraction of sp³-hybridized carbons (Fsp3) is 0.368. The molecule has 1 amide bonds. The van der Waals surface area contributed by atoms with Crippen molar-refractivity contribution in [1.82, 2.24) is 10.2 Å². The van der Waals surface area contributed by atoms with Gasteiger partial charge < -0.3 is 25.3 Å². The summed E-state index contributed by atoms with van der Waals surface area (Å²) < 4.78 is 5.40. The minimum atomic E-state index is -0.571. The molecule has 27 heavy (non-hydrogen) atoms. The number of benzene rings is 1. The van der Waals surface area contributed by atoms with Gasteiger partial charge >= 0.3 is 0 Å². The molecule has 1 saturated heterocycles. The first-order valence-corrected chi connectivity index (χ1v) is 9.21. The van der Waals surface area contributed by atoms with Gasteiger partial charge in [-0.1, -0.05) is 17.7 Å². The van der Waals surface area contributed by atoms with Crippen molar-refractivity contribution in [3.8, 4) is 0 Å². The number of halogens is 1. The highest BCUT2D eigenvalue weighted by Gasteiger charge is 2.21. The van der Waals surface area contributed by atoms with Gasteiger partial charge in [0.1, 0.15) is 5.76 Å². The van der Waals surface area contributed by atoms with Gasteiger partial charge in [0.25, 0.3) is 5.91 Å². The van der Waals surface area contributed by atoms with Crippen molar-refractivity contribution in [2.75, 3.05) is 38.1 Å². The maximum Gasteiger partial charge on any atom is 0.284 e. The third-order valence-electron chi connectivity index (χ3n) is 4.63. The van der Waals surface area contributed by atoms with Crippen molar-refractivity contribution in [3.05, 3.63) is 52.4 Å². The summed E-state index contributed by atoms with van der Waals surface area (Å²) >= 11 is 6.15. The average molecular weight is 390 g/mol. The lowest BCUT2D eigenvalue weighted by Crippen LogP contribution is -2.52. The van der Waals surface area contributed by atoms with Gasteiger partial charge in [0.15, 0.2) is 11.7 Å². The van der Waals surface area contributed by atoms with Crippen molar-refractivity contribution in [2.45, 2.75) is 13.5 Å². The predicted molar refractivity (Wildman–Crippen MR) is 107 cm³/mol. The summed E-state index contributed by atoms with van der Waals surface area (Å²) in [5.74, 6) is 1.03. The minimum absolute atomic E-state index is 0.160. The van der Waals surface area contributed by atoms with Crippen LogP contribution in [-0.4, -0.2) is 50.0 Å². The Hall–Kier alpha value is -2.67. The molecule has 1 aromatic heterocycles. The number of hydrogen-bond acceptors (Lipinski definition) is 4. The van der Waals surface area contributed by atoms with E-state index in [2.05, 4.69) is 27.0 Å². The zero-order valence-electron chi connectivity index (χ0n) is 15.5. The third kappa shape index (κ3) is 4.54. The maximum atomic E-state index is 11.1. The van der Waals surface area contributed by atoms with Crippen LogP contribution in [0.2, 0.25) is 5.02 Å². The lowest BCUT2D eigenvalue weighted by Gasteiger charge is -2.38. The number of furan rings is 1. The normalized spacial score (nSPS) is 15.1. The van der Waals surface area contributed by atoms with Gasteiger partial charge in [-0.25, -0.2) is 0 Å². The van der Waals surface area contributed by atoms with E-state index in [-0.39, 0.29) is 5.76 Å². The van der Waals surface area contributed by atoms with Gasteiger partial charge in [0.05, 0.1) is 6.54 Å². The number of nitrogens with one attached hydrogen (secondary N) is 1. The summed E-state index contributed by atoms with van der Waals surface area (Å²) in [7, 11) is 1.76. The number of primary amides is 1. The summed E-state index contributed by atoms with van der Waals surface area (Å²) in [5, 5.41) is 4.03. The highest BCUT2D eigenvalue weighted by molar-refractivity contribution is 6.30. The fourth-order valence-electron chi connectivity index (χ4n) is 3.19. The summed E-state index contributed by atoms with van der Waals surface area (Å²) in [6, 6.07) is 9.30. The highest BCUT2D eigenvalue weighted by Crippen LogP contribution is 2.25. The van der Waals surface area contributed by atoms with E-state index < -0.39 is 5.91 Å². The van der Waals surface area contributed by atoms with E-state index in [0.717, 1.165) is 37.2 Å². The van der Waals surface area contributed by atoms with E-state index in [1.807, 2.05) is 18.2 Å². The topological polar surface area (TPSA) is 87.1 Å². The number of amides is 1. The number of carbonyl (C=O) groups is 1. The highest BCUT2D eigenvalue weighted by atomic mass is 35.5. The van der Waals surface area contributed by atoms with Gasteiger partial charge in [0.2, 0.25) is 0 Å². The molecule has 1 aliphatic rings. The second kappa shape index (κ2) is 8.35. The molecule has 0 saturated carbocycles. The molecule has 0 aliphatic carbocycles. The Kier molecular flexibility index (Phi) is 5.91. The Morgan fingerprint density at radius 2 is 2.00 bits per heavy atom. The van der Waals surface area contributed by atoms with Gasteiger partial charge in [0, 0.05) is 43.9 Å². The molecule has 0 atom stereocenters. The van der Waals surface area contributed by atoms with Gasteiger partial charge in [-0.3, -0.25) is 9.79 Å². The molecule has 3 N–H and O–H groups in total. The quantitative estimate of drug-likeness (QED) is 0.618. The van der Waals surface area contributed by atoms with Crippen molar-refractivity contribution in [3.63, 3.8) is 0 Å². The number of nitrogens with two attached hydrogens (primary N) is 1. The number of nitrogens with zero attached hydrogens (tertiary/aromatic N) is 3. The van der Waals surface area contributed by atoms with Crippen molar-refractivity contribution < 1.29 is 9.21 Å². The number of piperazine rings is 1. The van der Waals surface area contributed by atoms with E-state index in [4.69, 9.17) is 21.8 Å². The summed E-state index contributed by atoms with van der Waals surface area (Å²) in [6.07, 6.45) is 0. The van der Waals surface area contributed by atoms with Crippen LogP contribution >= 0.6 is 11.6 Å². The van der Waals surface area contributed by atoms with E-state index in [0.29, 0.717) is 12.3 Å². The molecule has 144 valence electrons. The van der Waals surface area contributed by atoms with E-state index >= 15 is 0 Å². The molecule has 7 nitrogen and oxygen atoms in total. The van der Waals surface area contributed by atoms with Crippen molar-refractivity contribution in [1.29, 1.82) is 0 Å². The van der Waals surface area contributed by atoms with Crippen LogP contribution in [0.3, 0.4) is 0 Å². The van der Waals surface area contributed by atoms with Crippen LogP contribution < -0.4 is 16.0 Å². The number of rotatable bonds is 4. The Labute approximate surface area is 163 Å². The third-order valence-corrected chi connectivity index (χ3v) is 4.86. The molecule has 1 aromatic carbocycles. The molecule has 2 heterocycles. The molecule has 0 unspecified atom stereocenters. The van der Waals surface area contributed by atoms with Gasteiger partial charge in [-0.15, -0.1) is 0 Å². The maximum absolute atomic E-state index is 11.1. The fourth-order valence-corrected chi connectivity index (χ4v) is 3.35. The van der Waals surface area contributed by atoms with Crippen LogP contribution in [0.1, 0.15) is 21.9 Å². The number of hydrogen-bond donors (Lipinski definition) is 2. The molecule has 1 aliphatic heterocycles. The monoisotopic (exact) mass is 389 g/mol. The smallest absolute Gasteiger partial charge is 0.284 e. The molecule has 3 rings (SSSR count). The number of aliphatic imine (C=N–C) groups is 1. The second-order valence-electron chi connectivity index (χ2n) is 6.44. The van der Waals surface area contributed by atoms with Crippen LogP contribution in [0, 0.1) is 6.92 Å². The zero-order chi connectivity index (χ0) is 19.4. The number of anilines is 1. The SMILES string of the molecule is CN=C(NCc1ccc(C(N)=O)o1)N1CCN(c2cc(Cl)ccc2C)CC1. The summed E-state index contributed by atoms with van der Waals surface area (Å²) in [5.41, 5.74) is 7.61. The summed E-state index contributed by atoms with van der Waals surface area (Å²) in [4.78, 5) is 20.0. The lowest BCUT2D eigenvalue weighted by molar-refractivity contribution is 0.0972. The minimum Gasteiger partial charge on any atom is -0.454 e. The Morgan fingerprint density at radius 3 is 2.63 bits per heavy atom. The molecule has 8 heteroatoms. The van der Waals surface area contributed by atoms with Crippen molar-refractivity contribution >= 4 is 29.2 Å². The Balaban J connectivity index is 1.57. The van der Waals surface area contributed by atoms with Gasteiger partial charge in [-0.05, 0) is 36.8 Å². The number of aryl methyl sites for hydroxylation is 1. The standard InChI is InChI=1S/C19H24ClN5O2/c1-13-3-4-14(20)11-16(13)24-7-9-25(10-8-24)19(22-2)23-12-15-5-6-17(27-15)18(21)26/h3-6,11H,7-10,12H2,1-2H3,(H2,21,26)(H,22,23). The number of carbonyl (C=O) groups excluding carboxylic acids is 1. The molecule has 1 fully saturated rings. The van der Waals surface area contributed by atoms with Crippen LogP contribution in [-0.2, 0) is 6.54 Å². The van der Waals surface area contributed by atoms with E-state index in [9.17, 15) is 4.79 Å². The van der Waals surface area contributed by atoms with Crippen LogP contribution in [0.5, 0.6) is 0 Å². The lowest BCUT2D eigenvalue weighted by atomic mass is 10.1. The first-order chi connectivity index (χ1) is 13.0. The Morgan fingerprint density at radius 1 is 1.26 bits per heavy atom. The van der Waals surface area contributed by atoms with Crippen LogP contribution in [0.4, 0.5) is 5.69 Å². The molecular weight excluding hydrogens is 366 g/mol. The van der Waals surface area contributed by atoms with Crippen molar-refractivity contribution in [2.24, 2.45) is 10.7 Å². The average Bonchev–Trinajstić information content (AvgIpc) is 3.14. The predicted octanol–water partition coefficient (Wildman–Crippen LogP) is 2.24. The largest absolute Gasteiger partial charge is 0.454 e. The molecule has 0 spiro atoms. The van der Waals surface area contributed by atoms with E-state index in [1.165, 1.54) is 11.3 Å². The zero-order valence-corrected chi connectivity index (χ0v) is 16.3. The molecule has 2 aromatic rings. The molecule has 0 radical (unpaired) electrons. The van der Waals surface area contributed by atoms with Crippen LogP contribution in [0.15, 0.2) is 39.7 Å². The molecular formula is C19H24ClN5O2. The number of guanidine groups is 1. The van der Waals surface area contributed by atoms with Crippen LogP contribution in [0.25, 0.3) is 0 Å². The first-order valence-electron chi connectivity index (χ1n) is 8.83. The Bertz CT molecular complexity index is 840. The second-order valence-corrected chi connectivity index (χ2v) is 6.87. The first kappa shape index (κ1) is 19.1.